The largest absolute Gasteiger partial charge is 0.495 e. The molecule has 4 aromatic carbocycles. The van der Waals surface area contributed by atoms with Crippen LogP contribution < -0.4 is 39.6 Å². The molecule has 73 heavy (non-hydrogen) atoms. The maximum atomic E-state index is 13.1. The van der Waals surface area contributed by atoms with Gasteiger partial charge in [-0.05, 0) is 42.8 Å². The van der Waals surface area contributed by atoms with E-state index in [4.69, 9.17) is 85.3 Å². The maximum Gasteiger partial charge on any atom is 0.276 e. The van der Waals surface area contributed by atoms with Crippen LogP contribution in [-0.4, -0.2) is 112 Å². The van der Waals surface area contributed by atoms with Crippen molar-refractivity contribution in [3.05, 3.63) is 147 Å². The molecule has 0 atom stereocenters. The van der Waals surface area contributed by atoms with E-state index in [9.17, 15) is 25.0 Å². The molecule has 0 saturated carbocycles. The third-order valence-electron chi connectivity index (χ3n) is 10.4. The zero-order valence-corrected chi connectivity index (χ0v) is 44.0. The lowest BCUT2D eigenvalue weighted by molar-refractivity contribution is -0.385. The zero-order chi connectivity index (χ0) is 53.8. The second-order valence-corrected chi connectivity index (χ2v) is 16.6. The number of aryl methyl sites for hydroxylation is 1. The number of methoxy groups -OCH3 is 5. The molecule has 6 rings (SSSR count). The number of hydrogen-bond donors (Lipinski definition) is 2. The second kappa shape index (κ2) is 28.9. The van der Waals surface area contributed by atoms with Crippen molar-refractivity contribution in [2.24, 2.45) is 0 Å². The van der Waals surface area contributed by atoms with Gasteiger partial charge < -0.3 is 44.2 Å². The van der Waals surface area contributed by atoms with Gasteiger partial charge in [0.2, 0.25) is 5.91 Å². The van der Waals surface area contributed by atoms with Gasteiger partial charge in [0.1, 0.15) is 71.3 Å². The van der Waals surface area contributed by atoms with Gasteiger partial charge in [0, 0.05) is 76.0 Å². The van der Waals surface area contributed by atoms with Crippen molar-refractivity contribution in [2.45, 2.75) is 26.2 Å². The fraction of sp³-hybridized carbons (Fsp3) is 0.312. The SMILES string of the molecule is CNc1cc(Cc2ccc(OCCOC)cc2[N+](=O)[O-])ncn1.COCCOc1ccc(Cc2cc(N(C)C(=O)Cc3c(Cl)c(OC)cc(OC)c3Cl)ncn2)c([N+](=O)[O-])c1.COc1cc(C)c(Cl)c(N)c1Cl. The fourth-order valence-corrected chi connectivity index (χ4v) is 7.54. The number of nitrogens with one attached hydrogen (secondary N) is 1. The number of halogens is 4. The summed E-state index contributed by atoms with van der Waals surface area (Å²) in [4.78, 5) is 53.1. The predicted molar refractivity (Wildman–Crippen MR) is 279 cm³/mol. The van der Waals surface area contributed by atoms with Gasteiger partial charge in [0.15, 0.2) is 0 Å². The molecule has 2 heterocycles. The highest BCUT2D eigenvalue weighted by Crippen LogP contribution is 2.41. The van der Waals surface area contributed by atoms with Crippen molar-refractivity contribution in [2.75, 3.05) is 92.0 Å². The summed E-state index contributed by atoms with van der Waals surface area (Å²) in [6.45, 7) is 3.22. The van der Waals surface area contributed by atoms with Gasteiger partial charge in [0.25, 0.3) is 11.4 Å². The summed E-state index contributed by atoms with van der Waals surface area (Å²) in [5.41, 5.74) is 9.24. The third kappa shape index (κ3) is 16.5. The molecule has 6 aromatic rings. The smallest absolute Gasteiger partial charge is 0.276 e. The molecule has 0 aliphatic rings. The first kappa shape index (κ1) is 58.6. The Morgan fingerprint density at radius 2 is 1.14 bits per heavy atom. The Morgan fingerprint density at radius 1 is 0.658 bits per heavy atom. The number of rotatable bonds is 21. The maximum absolute atomic E-state index is 13.1. The van der Waals surface area contributed by atoms with Crippen molar-refractivity contribution in [1.29, 1.82) is 0 Å². The quantitative estimate of drug-likeness (QED) is 0.0294. The molecular formula is C48H53Cl4N9O12. The molecule has 0 radical (unpaired) electrons. The van der Waals surface area contributed by atoms with Crippen LogP contribution in [0.25, 0.3) is 0 Å². The summed E-state index contributed by atoms with van der Waals surface area (Å²) in [7, 11) is 10.8. The highest BCUT2D eigenvalue weighted by atomic mass is 35.5. The third-order valence-corrected chi connectivity index (χ3v) is 12.1. The molecule has 0 spiro atoms. The number of nitro groups is 2. The van der Waals surface area contributed by atoms with E-state index in [1.165, 1.54) is 64.2 Å². The van der Waals surface area contributed by atoms with Gasteiger partial charge in [0.05, 0.1) is 95.1 Å². The van der Waals surface area contributed by atoms with Crippen LogP contribution in [0.1, 0.15) is 33.6 Å². The van der Waals surface area contributed by atoms with Crippen LogP contribution in [0.3, 0.4) is 0 Å². The molecule has 3 N–H and O–H groups in total. The minimum absolute atomic E-state index is 0.00420. The van der Waals surface area contributed by atoms with Crippen LogP contribution in [0, 0.1) is 27.2 Å². The van der Waals surface area contributed by atoms with Crippen LogP contribution >= 0.6 is 46.4 Å². The van der Waals surface area contributed by atoms with E-state index in [2.05, 4.69) is 25.3 Å². The minimum Gasteiger partial charge on any atom is -0.495 e. The Hall–Kier alpha value is -7.01. The summed E-state index contributed by atoms with van der Waals surface area (Å²) in [5, 5.41) is 27.1. The van der Waals surface area contributed by atoms with Crippen molar-refractivity contribution in [1.82, 2.24) is 19.9 Å². The molecule has 0 bridgehead atoms. The van der Waals surface area contributed by atoms with E-state index in [-0.39, 0.29) is 46.8 Å². The zero-order valence-electron chi connectivity index (χ0n) is 41.0. The summed E-state index contributed by atoms with van der Waals surface area (Å²) < 4.78 is 36.2. The number of nitro benzene ring substituents is 2. The highest BCUT2D eigenvalue weighted by Gasteiger charge is 2.24. The summed E-state index contributed by atoms with van der Waals surface area (Å²) in [6.07, 6.45) is 3.03. The molecule has 390 valence electrons. The number of carbonyl (C=O) groups excluding carboxylic acids is 1. The summed E-state index contributed by atoms with van der Waals surface area (Å²) >= 11 is 24.5. The predicted octanol–water partition coefficient (Wildman–Crippen LogP) is 9.47. The number of ether oxygens (including phenoxy) is 7. The van der Waals surface area contributed by atoms with Gasteiger partial charge in [-0.1, -0.05) is 46.4 Å². The molecule has 0 aliphatic heterocycles. The molecule has 0 fully saturated rings. The number of anilines is 3. The summed E-state index contributed by atoms with van der Waals surface area (Å²) in [5.74, 6) is 2.59. The second-order valence-electron chi connectivity index (χ2n) is 15.1. The van der Waals surface area contributed by atoms with Crippen LogP contribution in [0.15, 0.2) is 73.3 Å². The monoisotopic (exact) mass is 1090 g/mol. The summed E-state index contributed by atoms with van der Waals surface area (Å²) in [6, 6.07) is 16.1. The minimum atomic E-state index is -0.480. The lowest BCUT2D eigenvalue weighted by Gasteiger charge is -2.19. The van der Waals surface area contributed by atoms with E-state index < -0.39 is 9.85 Å². The Morgan fingerprint density at radius 3 is 1.60 bits per heavy atom. The van der Waals surface area contributed by atoms with E-state index in [1.54, 1.807) is 63.7 Å². The average Bonchev–Trinajstić information content (AvgIpc) is 3.39. The number of nitrogen functional groups attached to an aromatic ring is 1. The molecule has 0 saturated heterocycles. The molecule has 2 aromatic heterocycles. The Kier molecular flexibility index (Phi) is 23.2. The first-order valence-corrected chi connectivity index (χ1v) is 23.1. The van der Waals surface area contributed by atoms with E-state index in [0.717, 1.165) is 5.56 Å². The lowest BCUT2D eigenvalue weighted by Crippen LogP contribution is -2.29. The number of benzene rings is 4. The van der Waals surface area contributed by atoms with Crippen molar-refractivity contribution in [3.8, 4) is 28.7 Å². The molecule has 21 nitrogen and oxygen atoms in total. The first-order chi connectivity index (χ1) is 34.9. The highest BCUT2D eigenvalue weighted by molar-refractivity contribution is 6.40. The molecule has 0 aliphatic carbocycles. The number of amides is 1. The van der Waals surface area contributed by atoms with Crippen LogP contribution in [0.5, 0.6) is 28.7 Å². The van der Waals surface area contributed by atoms with E-state index >= 15 is 0 Å². The van der Waals surface area contributed by atoms with Crippen LogP contribution in [-0.2, 0) is 33.5 Å². The average molecular weight is 1090 g/mol. The standard InChI is InChI=1S/C25H26Cl2N4O7.C15H18N4O4.C8H9Cl2NO/c1-30(23(32)12-18-24(26)20(36-3)13-21(37-4)25(18)27)22-10-16(28-14-29-22)9-15-5-6-17(38-8-7-35-2)11-19(15)31(33)34;1-16-15-8-12(17-10-18-15)7-11-3-4-13(23-6-5-22-2)9-14(11)19(20)21;1-4-3-5(12-2)7(10)8(11)6(4)9/h5-6,10-11,13-14H,7-9,12H2,1-4H3;3-4,8-10H,5-7H2,1-2H3,(H,16,17,18);3H,11H2,1-2H3. The number of likely N-dealkylation sites (N-methyl/N-ethyl adjacent to an activating group) is 1. The molecular weight excluding hydrogens is 1040 g/mol. The van der Waals surface area contributed by atoms with Gasteiger partial charge >= 0.3 is 0 Å². The van der Waals surface area contributed by atoms with Crippen molar-refractivity contribution >= 4 is 81.0 Å². The van der Waals surface area contributed by atoms with Crippen LogP contribution in [0.2, 0.25) is 20.1 Å². The first-order valence-electron chi connectivity index (χ1n) is 21.6. The Labute approximate surface area is 441 Å². The number of carbonyl (C=O) groups is 1. The van der Waals surface area contributed by atoms with Gasteiger partial charge in [-0.15, -0.1) is 0 Å². The number of nitrogens with two attached hydrogens (primary N) is 1. The fourth-order valence-electron chi connectivity index (χ4n) is 6.48. The van der Waals surface area contributed by atoms with E-state index in [1.807, 2.05) is 6.92 Å². The van der Waals surface area contributed by atoms with Gasteiger partial charge in [-0.25, -0.2) is 19.9 Å². The topological polar surface area (TPSA) is 261 Å². The van der Waals surface area contributed by atoms with Gasteiger partial charge in [-0.3, -0.25) is 29.9 Å². The van der Waals surface area contributed by atoms with Gasteiger partial charge in [-0.2, -0.15) is 0 Å². The Bertz CT molecular complexity index is 2840. The lowest BCUT2D eigenvalue weighted by atomic mass is 10.1. The molecule has 1 amide bonds. The van der Waals surface area contributed by atoms with Crippen LogP contribution in [0.4, 0.5) is 28.7 Å². The number of aromatic nitrogens is 4. The Balaban J connectivity index is 0.000000277. The van der Waals surface area contributed by atoms with Crippen molar-refractivity contribution < 1.29 is 47.8 Å². The molecule has 0 unspecified atom stereocenters. The molecule has 25 heteroatoms. The number of nitrogens with zero attached hydrogens (tertiary/aromatic N) is 7. The normalized spacial score (nSPS) is 10.5. The number of hydrogen-bond acceptors (Lipinski definition) is 18. The van der Waals surface area contributed by atoms with E-state index in [0.29, 0.717) is 110 Å². The van der Waals surface area contributed by atoms with Crippen molar-refractivity contribution in [3.63, 3.8) is 0 Å².